The molecule has 0 aromatic heterocycles. The topological polar surface area (TPSA) is 139 Å². The van der Waals surface area contributed by atoms with Gasteiger partial charge < -0.3 is 20.9 Å². The average molecular weight is 342 g/mol. The maximum atomic E-state index is 11.8. The van der Waals surface area contributed by atoms with Crippen LogP contribution in [0.2, 0.25) is 0 Å². The summed E-state index contributed by atoms with van der Waals surface area (Å²) >= 11 is 0. The number of esters is 2. The van der Waals surface area contributed by atoms with E-state index in [1.807, 2.05) is 0 Å². The summed E-state index contributed by atoms with van der Waals surface area (Å²) in [5, 5.41) is 0. The van der Waals surface area contributed by atoms with E-state index in [9.17, 15) is 19.2 Å². The summed E-state index contributed by atoms with van der Waals surface area (Å²) < 4.78 is 9.78. The van der Waals surface area contributed by atoms with Gasteiger partial charge in [0, 0.05) is 11.1 Å². The van der Waals surface area contributed by atoms with E-state index in [1.54, 1.807) is 0 Å². The monoisotopic (exact) mass is 342 g/mol. The quantitative estimate of drug-likeness (QED) is 0.583. The number of primary amides is 2. The van der Waals surface area contributed by atoms with Crippen LogP contribution in [0.25, 0.3) is 0 Å². The number of rotatable bonds is 6. The second kappa shape index (κ2) is 7.73. The molecule has 0 atom stereocenters. The Morgan fingerprint density at radius 1 is 0.720 bits per heavy atom. The third-order valence-corrected chi connectivity index (χ3v) is 3.10. The Balaban J connectivity index is 1.87. The van der Waals surface area contributed by atoms with Gasteiger partial charge in [-0.05, 0) is 48.5 Å². The Bertz CT molecular complexity index is 812. The van der Waals surface area contributed by atoms with Gasteiger partial charge in [0.2, 0.25) is 11.8 Å². The molecule has 0 saturated heterocycles. The Labute approximate surface area is 142 Å². The van der Waals surface area contributed by atoms with Crippen LogP contribution in [0, 0.1) is 0 Å². The number of ether oxygens (including phenoxy) is 2. The molecule has 2 aromatic carbocycles. The van der Waals surface area contributed by atoms with Crippen LogP contribution in [0.3, 0.4) is 0 Å². The fraction of sp³-hybridized carbons (Fsp3) is 0.0588. The molecule has 0 bridgehead atoms. The van der Waals surface area contributed by atoms with Crippen LogP contribution in [0.15, 0.2) is 48.5 Å². The van der Waals surface area contributed by atoms with E-state index in [1.165, 1.54) is 48.5 Å². The molecule has 0 fully saturated rings. The SMILES string of the molecule is NC(=O)c1ccc(OC(=O)COC(=O)c2ccc(C(N)=O)cc2)cc1. The summed E-state index contributed by atoms with van der Waals surface area (Å²) in [5.74, 6) is -2.59. The maximum Gasteiger partial charge on any atom is 0.349 e. The van der Waals surface area contributed by atoms with Gasteiger partial charge in [-0.3, -0.25) is 9.59 Å². The molecule has 2 rings (SSSR count). The van der Waals surface area contributed by atoms with E-state index in [-0.39, 0.29) is 22.4 Å². The number of amides is 2. The smallest absolute Gasteiger partial charge is 0.349 e. The van der Waals surface area contributed by atoms with Crippen LogP contribution in [0.4, 0.5) is 0 Å². The summed E-state index contributed by atoms with van der Waals surface area (Å²) in [6.45, 7) is -0.603. The zero-order valence-electron chi connectivity index (χ0n) is 12.9. The second-order valence-electron chi connectivity index (χ2n) is 4.88. The highest BCUT2D eigenvalue weighted by Gasteiger charge is 2.12. The van der Waals surface area contributed by atoms with Crippen molar-refractivity contribution in [3.05, 3.63) is 65.2 Å². The Hall–Kier alpha value is -3.68. The molecule has 128 valence electrons. The molecule has 0 spiro atoms. The normalized spacial score (nSPS) is 9.92. The van der Waals surface area contributed by atoms with Crippen molar-refractivity contribution in [2.45, 2.75) is 0 Å². The number of hydrogen-bond acceptors (Lipinski definition) is 6. The van der Waals surface area contributed by atoms with Crippen molar-refractivity contribution in [2.75, 3.05) is 6.61 Å². The summed E-state index contributed by atoms with van der Waals surface area (Å²) in [7, 11) is 0. The zero-order valence-corrected chi connectivity index (χ0v) is 12.9. The van der Waals surface area contributed by atoms with Crippen LogP contribution >= 0.6 is 0 Å². The highest BCUT2D eigenvalue weighted by Crippen LogP contribution is 2.12. The van der Waals surface area contributed by atoms with Gasteiger partial charge in [0.15, 0.2) is 6.61 Å². The lowest BCUT2D eigenvalue weighted by atomic mass is 10.1. The lowest BCUT2D eigenvalue weighted by molar-refractivity contribution is -0.137. The van der Waals surface area contributed by atoms with Crippen molar-refractivity contribution in [1.82, 2.24) is 0 Å². The van der Waals surface area contributed by atoms with Crippen molar-refractivity contribution in [3.63, 3.8) is 0 Å². The molecule has 0 aliphatic rings. The molecule has 8 heteroatoms. The van der Waals surface area contributed by atoms with Gasteiger partial charge in [0.25, 0.3) is 0 Å². The number of nitrogens with two attached hydrogens (primary N) is 2. The first-order chi connectivity index (χ1) is 11.9. The van der Waals surface area contributed by atoms with E-state index in [4.69, 9.17) is 20.9 Å². The van der Waals surface area contributed by atoms with Gasteiger partial charge in [-0.2, -0.15) is 0 Å². The number of hydrogen-bond donors (Lipinski definition) is 2. The molecule has 0 aliphatic heterocycles. The maximum absolute atomic E-state index is 11.8. The Kier molecular flexibility index (Phi) is 5.47. The van der Waals surface area contributed by atoms with Gasteiger partial charge in [0.05, 0.1) is 5.56 Å². The van der Waals surface area contributed by atoms with Gasteiger partial charge >= 0.3 is 11.9 Å². The molecule has 4 N–H and O–H groups in total. The molecule has 0 unspecified atom stereocenters. The van der Waals surface area contributed by atoms with Crippen LogP contribution in [0.1, 0.15) is 31.1 Å². The number of benzene rings is 2. The van der Waals surface area contributed by atoms with Crippen LogP contribution < -0.4 is 16.2 Å². The van der Waals surface area contributed by atoms with E-state index >= 15 is 0 Å². The summed E-state index contributed by atoms with van der Waals surface area (Å²) in [6.07, 6.45) is 0. The van der Waals surface area contributed by atoms with Crippen molar-refractivity contribution >= 4 is 23.8 Å². The third kappa shape index (κ3) is 4.90. The highest BCUT2D eigenvalue weighted by molar-refractivity contribution is 5.95. The van der Waals surface area contributed by atoms with Crippen molar-refractivity contribution in [1.29, 1.82) is 0 Å². The van der Waals surface area contributed by atoms with Crippen molar-refractivity contribution in [3.8, 4) is 5.75 Å². The van der Waals surface area contributed by atoms with E-state index in [0.29, 0.717) is 0 Å². The third-order valence-electron chi connectivity index (χ3n) is 3.10. The van der Waals surface area contributed by atoms with Crippen LogP contribution in [0.5, 0.6) is 5.75 Å². The van der Waals surface area contributed by atoms with Crippen LogP contribution in [-0.4, -0.2) is 30.4 Å². The van der Waals surface area contributed by atoms with Gasteiger partial charge in [0.1, 0.15) is 5.75 Å². The minimum Gasteiger partial charge on any atom is -0.450 e. The summed E-state index contributed by atoms with van der Waals surface area (Å²) in [5.41, 5.74) is 10.9. The first kappa shape index (κ1) is 17.7. The standard InChI is InChI=1S/C17H14N2O6/c18-15(21)10-1-3-12(4-2-10)17(23)24-9-14(20)25-13-7-5-11(6-8-13)16(19)22/h1-8H,9H2,(H2,18,21)(H2,19,22). The fourth-order valence-corrected chi connectivity index (χ4v) is 1.83. The van der Waals surface area contributed by atoms with Crippen LogP contribution in [-0.2, 0) is 9.53 Å². The van der Waals surface area contributed by atoms with Gasteiger partial charge in [-0.15, -0.1) is 0 Å². The minimum absolute atomic E-state index is 0.156. The molecule has 0 radical (unpaired) electrons. The molecule has 25 heavy (non-hydrogen) atoms. The highest BCUT2D eigenvalue weighted by atomic mass is 16.6. The van der Waals surface area contributed by atoms with E-state index in [2.05, 4.69) is 0 Å². The summed E-state index contributed by atoms with van der Waals surface area (Å²) in [6, 6.07) is 11.0. The first-order valence-corrected chi connectivity index (χ1v) is 7.04. The molecule has 8 nitrogen and oxygen atoms in total. The minimum atomic E-state index is -0.797. The molecule has 0 heterocycles. The van der Waals surface area contributed by atoms with Crippen molar-refractivity contribution in [2.24, 2.45) is 11.5 Å². The Morgan fingerprint density at radius 3 is 1.64 bits per heavy atom. The number of carbonyl (C=O) groups excluding carboxylic acids is 4. The fourth-order valence-electron chi connectivity index (χ4n) is 1.83. The predicted molar refractivity (Wildman–Crippen MR) is 85.8 cm³/mol. The molecule has 2 aromatic rings. The lowest BCUT2D eigenvalue weighted by Crippen LogP contribution is -2.19. The summed E-state index contributed by atoms with van der Waals surface area (Å²) in [4.78, 5) is 45.3. The van der Waals surface area contributed by atoms with E-state index in [0.717, 1.165) is 0 Å². The second-order valence-corrected chi connectivity index (χ2v) is 4.88. The molecular formula is C17H14N2O6. The molecule has 2 amide bonds. The predicted octanol–water partition coefficient (Wildman–Crippen LogP) is 0.647. The van der Waals surface area contributed by atoms with Gasteiger partial charge in [-0.1, -0.05) is 0 Å². The molecule has 0 saturated carbocycles. The van der Waals surface area contributed by atoms with Crippen molar-refractivity contribution < 1.29 is 28.7 Å². The largest absolute Gasteiger partial charge is 0.450 e. The molecule has 0 aliphatic carbocycles. The van der Waals surface area contributed by atoms with Gasteiger partial charge in [-0.25, -0.2) is 9.59 Å². The van der Waals surface area contributed by atoms with E-state index < -0.39 is 30.4 Å². The first-order valence-electron chi connectivity index (χ1n) is 7.04. The Morgan fingerprint density at radius 2 is 1.16 bits per heavy atom. The lowest BCUT2D eigenvalue weighted by Gasteiger charge is -2.06. The zero-order chi connectivity index (χ0) is 18.4. The average Bonchev–Trinajstić information content (AvgIpc) is 2.60. The molecular weight excluding hydrogens is 328 g/mol. The number of carbonyl (C=O) groups is 4.